The number of aliphatic imine (C=N–C) groups is 1. The zero-order valence-electron chi connectivity index (χ0n) is 25.9. The molecule has 0 bridgehead atoms. The topological polar surface area (TPSA) is 230 Å². The first-order chi connectivity index (χ1) is 22.0. The Kier molecular flexibility index (Phi) is 13.6. The van der Waals surface area contributed by atoms with Crippen molar-refractivity contribution in [2.45, 2.75) is 76.1 Å². The molecule has 14 heteroatoms. The zero-order valence-corrected chi connectivity index (χ0v) is 25.9. The molecule has 3 rings (SSSR count). The van der Waals surface area contributed by atoms with Crippen molar-refractivity contribution in [1.82, 2.24) is 15.5 Å². The van der Waals surface area contributed by atoms with Crippen molar-refractivity contribution in [3.63, 3.8) is 0 Å². The first kappa shape index (κ1) is 35.6. The number of carbonyl (C=O) groups is 4. The minimum Gasteiger partial charge on any atom is -0.508 e. The fraction of sp³-hybridized carbons (Fsp3) is 0.469. The van der Waals surface area contributed by atoms with E-state index in [1.54, 1.807) is 24.3 Å². The van der Waals surface area contributed by atoms with Gasteiger partial charge >= 0.3 is 5.97 Å². The lowest BCUT2D eigenvalue weighted by Gasteiger charge is -2.30. The van der Waals surface area contributed by atoms with Crippen LogP contribution in [0.5, 0.6) is 11.5 Å². The molecule has 1 aliphatic rings. The normalized spacial score (nSPS) is 16.1. The van der Waals surface area contributed by atoms with Crippen LogP contribution >= 0.6 is 0 Å². The summed E-state index contributed by atoms with van der Waals surface area (Å²) in [5, 5.41) is 34.7. The summed E-state index contributed by atoms with van der Waals surface area (Å²) in [6.07, 6.45) is 1.18. The third kappa shape index (κ3) is 11.3. The monoisotopic (exact) mass is 640 g/mol. The van der Waals surface area contributed by atoms with Gasteiger partial charge in [-0.15, -0.1) is 0 Å². The van der Waals surface area contributed by atoms with Gasteiger partial charge in [0.25, 0.3) is 5.91 Å². The van der Waals surface area contributed by atoms with Crippen LogP contribution in [0.15, 0.2) is 53.5 Å². The first-order valence-corrected chi connectivity index (χ1v) is 15.3. The minimum atomic E-state index is -1.26. The highest BCUT2D eigenvalue weighted by Gasteiger charge is 2.39. The number of aryl methyl sites for hydroxylation is 1. The molecule has 46 heavy (non-hydrogen) atoms. The van der Waals surface area contributed by atoms with Crippen molar-refractivity contribution in [1.29, 1.82) is 0 Å². The van der Waals surface area contributed by atoms with E-state index in [0.717, 1.165) is 5.56 Å². The van der Waals surface area contributed by atoms with Crippen LogP contribution in [0.1, 0.15) is 50.2 Å². The molecule has 9 N–H and O–H groups in total. The van der Waals surface area contributed by atoms with Crippen LogP contribution in [0, 0.1) is 0 Å². The number of benzene rings is 2. The van der Waals surface area contributed by atoms with E-state index in [0.29, 0.717) is 44.2 Å². The largest absolute Gasteiger partial charge is 0.508 e. The summed E-state index contributed by atoms with van der Waals surface area (Å²) in [6.45, 7) is 1.50. The number of rotatable bonds is 16. The van der Waals surface area contributed by atoms with Crippen molar-refractivity contribution < 1.29 is 39.2 Å². The summed E-state index contributed by atoms with van der Waals surface area (Å²) >= 11 is 0. The summed E-state index contributed by atoms with van der Waals surface area (Å²) in [5.41, 5.74) is 12.1. The smallest absolute Gasteiger partial charge is 0.303 e. The Morgan fingerprint density at radius 1 is 0.978 bits per heavy atom. The number of aliphatic hydroxyl groups is 1. The van der Waals surface area contributed by atoms with E-state index in [1.807, 2.05) is 0 Å². The third-order valence-electron chi connectivity index (χ3n) is 7.64. The predicted molar refractivity (Wildman–Crippen MR) is 169 cm³/mol. The summed E-state index contributed by atoms with van der Waals surface area (Å²) in [6, 6.07) is 10.1. The lowest BCUT2D eigenvalue weighted by molar-refractivity contribution is -0.154. The molecular weight excluding hydrogens is 596 g/mol. The van der Waals surface area contributed by atoms with Crippen LogP contribution in [-0.2, 0) is 36.8 Å². The van der Waals surface area contributed by atoms with Crippen molar-refractivity contribution in [2.24, 2.45) is 16.5 Å². The molecule has 0 spiro atoms. The number of phenolic OH excluding ortho intramolecular Hbond substituents is 2. The lowest BCUT2D eigenvalue weighted by atomic mass is 10.0. The van der Waals surface area contributed by atoms with Crippen molar-refractivity contribution in [3.8, 4) is 11.5 Å². The molecule has 3 amide bonds. The molecule has 0 aliphatic carbocycles. The molecule has 0 saturated carbocycles. The van der Waals surface area contributed by atoms with Gasteiger partial charge in [-0.25, -0.2) is 0 Å². The molecule has 0 radical (unpaired) electrons. The summed E-state index contributed by atoms with van der Waals surface area (Å²) in [5.74, 6) is -2.17. The van der Waals surface area contributed by atoms with Crippen LogP contribution < -0.4 is 22.1 Å². The zero-order chi connectivity index (χ0) is 33.6. The molecule has 1 saturated heterocycles. The number of nitrogens with zero attached hydrogens (tertiary/aromatic N) is 2. The molecule has 1 aliphatic heterocycles. The number of aromatic hydroxyl groups is 2. The van der Waals surface area contributed by atoms with Crippen molar-refractivity contribution >= 4 is 29.7 Å². The van der Waals surface area contributed by atoms with Crippen molar-refractivity contribution in [2.75, 3.05) is 19.7 Å². The summed E-state index contributed by atoms with van der Waals surface area (Å²) in [4.78, 5) is 58.1. The second-order valence-electron chi connectivity index (χ2n) is 11.3. The van der Waals surface area contributed by atoms with Gasteiger partial charge in [0.1, 0.15) is 23.6 Å². The number of phenols is 2. The number of hydrogen-bond acceptors (Lipinski definition) is 9. The Morgan fingerprint density at radius 3 is 2.20 bits per heavy atom. The number of nitrogens with two attached hydrogens (primary N) is 2. The van der Waals surface area contributed by atoms with E-state index in [1.165, 1.54) is 36.1 Å². The Labute approximate surface area is 267 Å². The van der Waals surface area contributed by atoms with E-state index >= 15 is 0 Å². The van der Waals surface area contributed by atoms with Gasteiger partial charge in [-0.05, 0) is 73.9 Å². The number of esters is 1. The van der Waals surface area contributed by atoms with Crippen molar-refractivity contribution in [3.05, 3.63) is 59.7 Å². The quantitative estimate of drug-likeness (QED) is 0.0571. The van der Waals surface area contributed by atoms with Gasteiger partial charge in [0.15, 0.2) is 12.1 Å². The van der Waals surface area contributed by atoms with E-state index in [4.69, 9.17) is 16.2 Å². The molecule has 2 aromatic rings. The Hall–Kier alpha value is -4.85. The summed E-state index contributed by atoms with van der Waals surface area (Å²) < 4.78 is 5.32. The van der Waals surface area contributed by atoms with E-state index in [-0.39, 0.29) is 43.5 Å². The van der Waals surface area contributed by atoms with Gasteiger partial charge in [-0.2, -0.15) is 0 Å². The predicted octanol–water partition coefficient (Wildman–Crippen LogP) is 0.211. The molecule has 0 aromatic heterocycles. The van der Waals surface area contributed by atoms with Gasteiger partial charge < -0.3 is 47.1 Å². The second-order valence-corrected chi connectivity index (χ2v) is 11.3. The number of guanidine groups is 1. The average Bonchev–Trinajstić information content (AvgIpc) is 3.52. The van der Waals surface area contributed by atoms with E-state index < -0.39 is 47.9 Å². The lowest BCUT2D eigenvalue weighted by Crippen LogP contribution is -2.56. The van der Waals surface area contributed by atoms with Crippen LogP contribution in [-0.4, -0.2) is 93.8 Å². The highest BCUT2D eigenvalue weighted by atomic mass is 16.5. The van der Waals surface area contributed by atoms with Crippen LogP contribution in [0.3, 0.4) is 0 Å². The Balaban J connectivity index is 1.77. The maximum absolute atomic E-state index is 14.0. The molecule has 1 heterocycles. The van der Waals surface area contributed by atoms with Gasteiger partial charge in [0.2, 0.25) is 11.8 Å². The molecule has 4 unspecified atom stereocenters. The molecular formula is C32H44N6O8. The first-order valence-electron chi connectivity index (χ1n) is 15.3. The van der Waals surface area contributed by atoms with Gasteiger partial charge in [-0.3, -0.25) is 24.2 Å². The molecule has 4 atom stereocenters. The van der Waals surface area contributed by atoms with Crippen LogP contribution in [0.25, 0.3) is 0 Å². The van der Waals surface area contributed by atoms with Crippen LogP contribution in [0.4, 0.5) is 0 Å². The second kappa shape index (κ2) is 17.6. The fourth-order valence-electron chi connectivity index (χ4n) is 5.29. The summed E-state index contributed by atoms with van der Waals surface area (Å²) in [7, 11) is 0. The number of carbonyl (C=O) groups excluding carboxylic acids is 4. The maximum Gasteiger partial charge on any atom is 0.303 e. The molecule has 2 aromatic carbocycles. The minimum absolute atomic E-state index is 0.00500. The van der Waals surface area contributed by atoms with Gasteiger partial charge in [0, 0.05) is 26.4 Å². The fourth-order valence-corrected chi connectivity index (χ4v) is 5.29. The highest BCUT2D eigenvalue weighted by Crippen LogP contribution is 2.21. The number of amides is 3. The maximum atomic E-state index is 14.0. The Bertz CT molecular complexity index is 1350. The van der Waals surface area contributed by atoms with E-state index in [2.05, 4.69) is 15.6 Å². The Morgan fingerprint density at radius 2 is 1.61 bits per heavy atom. The van der Waals surface area contributed by atoms with Gasteiger partial charge in [0.05, 0.1) is 12.6 Å². The molecule has 14 nitrogen and oxygen atoms in total. The molecule has 1 fully saturated rings. The third-order valence-corrected chi connectivity index (χ3v) is 7.64. The van der Waals surface area contributed by atoms with E-state index in [9.17, 15) is 34.5 Å². The molecule has 250 valence electrons. The number of ether oxygens (including phenoxy) is 1. The number of aliphatic hydroxyl groups excluding tert-OH is 1. The van der Waals surface area contributed by atoms with Crippen LogP contribution in [0.2, 0.25) is 0 Å². The number of nitrogens with one attached hydrogen (secondary N) is 2. The SMILES string of the molecule is CC(=O)OC(Cc1ccc(O)cc1)C(=O)NC(CCc1ccc(O)cc1)C(=O)N1CCCC1C(=O)NC(CO)CCCN=C(N)N. The average molecular weight is 641 g/mol. The van der Waals surface area contributed by atoms with Gasteiger partial charge in [-0.1, -0.05) is 24.3 Å². The number of hydrogen-bond donors (Lipinski definition) is 7. The standard InChI is InChI=1S/C32H44N6O8/c1-20(40)46-28(18-22-8-13-25(42)14-9-22)30(44)37-26(15-10-21-6-11-24(41)12-7-21)31(45)38-17-3-5-27(38)29(43)36-23(19-39)4-2-16-35-32(33)34/h6-9,11-14,23,26-28,39,41-42H,2-5,10,15-19H2,1H3,(H,36,43)(H,37,44)(H4,33,34,35). The highest BCUT2D eigenvalue weighted by molar-refractivity contribution is 5.94. The number of likely N-dealkylation sites (tertiary alicyclic amines) is 1.